The van der Waals surface area contributed by atoms with Gasteiger partial charge in [0, 0.05) is 11.1 Å². The van der Waals surface area contributed by atoms with E-state index in [0.717, 1.165) is 11.1 Å². The Hall–Kier alpha value is -2.42. The largest absolute Gasteiger partial charge is 0.436 e. The number of nitrogens with zero attached hydrogens (tertiary/aromatic N) is 1. The zero-order valence-electron chi connectivity index (χ0n) is 9.88. The van der Waals surface area contributed by atoms with Crippen molar-refractivity contribution in [3.63, 3.8) is 0 Å². The number of oxazole rings is 1. The predicted molar refractivity (Wildman–Crippen MR) is 69.4 cm³/mol. The molecule has 0 saturated heterocycles. The fourth-order valence-corrected chi connectivity index (χ4v) is 1.85. The Kier molecular flexibility index (Phi) is 2.45. The predicted octanol–water partition coefficient (Wildman–Crippen LogP) is 3.70. The monoisotopic (exact) mass is 237 g/mol. The Balaban J connectivity index is 2.14. The van der Waals surface area contributed by atoms with E-state index in [9.17, 15) is 4.79 Å². The number of hydrogen-bond acceptors (Lipinski definition) is 3. The highest BCUT2D eigenvalue weighted by Crippen LogP contribution is 2.24. The third-order valence-corrected chi connectivity index (χ3v) is 2.82. The molecule has 0 aliphatic heterocycles. The van der Waals surface area contributed by atoms with Crippen LogP contribution in [0, 0.1) is 0 Å². The maximum atomic E-state index is 11.3. The maximum absolute atomic E-state index is 11.3. The topological polar surface area (TPSA) is 43.1 Å². The zero-order valence-corrected chi connectivity index (χ0v) is 9.88. The zero-order chi connectivity index (χ0) is 12.5. The van der Waals surface area contributed by atoms with Crippen molar-refractivity contribution in [1.82, 2.24) is 4.98 Å². The molecule has 0 saturated carbocycles. The molecule has 2 aromatic carbocycles. The van der Waals surface area contributed by atoms with Gasteiger partial charge in [0.25, 0.3) is 0 Å². The van der Waals surface area contributed by atoms with Gasteiger partial charge in [-0.05, 0) is 37.3 Å². The second kappa shape index (κ2) is 4.11. The number of Topliss-reactive ketones (excluding diaryl/α,β-unsaturated/α-hetero) is 1. The average Bonchev–Trinajstić information content (AvgIpc) is 2.82. The third-order valence-electron chi connectivity index (χ3n) is 2.82. The number of carbonyl (C=O) groups is 1. The molecule has 1 heterocycles. The van der Waals surface area contributed by atoms with Gasteiger partial charge < -0.3 is 4.42 Å². The van der Waals surface area contributed by atoms with Gasteiger partial charge >= 0.3 is 0 Å². The fourth-order valence-electron chi connectivity index (χ4n) is 1.85. The van der Waals surface area contributed by atoms with Crippen molar-refractivity contribution in [2.75, 3.05) is 0 Å². The summed E-state index contributed by atoms with van der Waals surface area (Å²) >= 11 is 0. The van der Waals surface area contributed by atoms with Crippen LogP contribution in [0.2, 0.25) is 0 Å². The molecule has 0 atom stereocenters. The molecule has 18 heavy (non-hydrogen) atoms. The minimum Gasteiger partial charge on any atom is -0.436 e. The summed E-state index contributed by atoms with van der Waals surface area (Å²) in [6.45, 7) is 1.54. The SMILES string of the molecule is CC(=O)c1ccc2nc(-c3ccccc3)oc2c1. The number of hydrogen-bond donors (Lipinski definition) is 0. The van der Waals surface area contributed by atoms with Crippen LogP contribution in [0.4, 0.5) is 0 Å². The summed E-state index contributed by atoms with van der Waals surface area (Å²) in [4.78, 5) is 15.7. The van der Waals surface area contributed by atoms with Crippen molar-refractivity contribution in [3.8, 4) is 11.5 Å². The van der Waals surface area contributed by atoms with Crippen LogP contribution in [0.1, 0.15) is 17.3 Å². The summed E-state index contributed by atoms with van der Waals surface area (Å²) in [5, 5.41) is 0. The number of ketones is 1. The quantitative estimate of drug-likeness (QED) is 0.638. The molecular formula is C15H11NO2. The molecule has 0 N–H and O–H groups in total. The number of benzene rings is 2. The van der Waals surface area contributed by atoms with E-state index >= 15 is 0 Å². The van der Waals surface area contributed by atoms with Crippen LogP contribution >= 0.6 is 0 Å². The van der Waals surface area contributed by atoms with E-state index in [-0.39, 0.29) is 5.78 Å². The Bertz CT molecular complexity index is 714. The van der Waals surface area contributed by atoms with Crippen molar-refractivity contribution >= 4 is 16.9 Å². The molecule has 0 unspecified atom stereocenters. The lowest BCUT2D eigenvalue weighted by Gasteiger charge is -1.93. The maximum Gasteiger partial charge on any atom is 0.227 e. The summed E-state index contributed by atoms with van der Waals surface area (Å²) in [5.41, 5.74) is 2.97. The first-order chi connectivity index (χ1) is 8.74. The first-order valence-corrected chi connectivity index (χ1v) is 5.71. The lowest BCUT2D eigenvalue weighted by atomic mass is 10.1. The van der Waals surface area contributed by atoms with Gasteiger partial charge in [0.1, 0.15) is 5.52 Å². The van der Waals surface area contributed by atoms with Crippen LogP contribution < -0.4 is 0 Å². The number of rotatable bonds is 2. The smallest absolute Gasteiger partial charge is 0.227 e. The van der Waals surface area contributed by atoms with Crippen LogP contribution in [0.15, 0.2) is 52.9 Å². The second-order valence-electron chi connectivity index (χ2n) is 4.12. The van der Waals surface area contributed by atoms with Crippen LogP contribution in [-0.4, -0.2) is 10.8 Å². The molecule has 1 aromatic heterocycles. The van der Waals surface area contributed by atoms with Gasteiger partial charge in [-0.3, -0.25) is 4.79 Å². The van der Waals surface area contributed by atoms with Gasteiger partial charge in [0.2, 0.25) is 5.89 Å². The number of aromatic nitrogens is 1. The molecule has 88 valence electrons. The molecular weight excluding hydrogens is 226 g/mol. The van der Waals surface area contributed by atoms with E-state index in [1.54, 1.807) is 12.1 Å². The Labute approximate surface area is 104 Å². The molecule has 0 spiro atoms. The van der Waals surface area contributed by atoms with E-state index < -0.39 is 0 Å². The van der Waals surface area contributed by atoms with Crippen molar-refractivity contribution in [2.45, 2.75) is 6.92 Å². The Morgan fingerprint density at radius 2 is 1.89 bits per heavy atom. The average molecular weight is 237 g/mol. The first kappa shape index (κ1) is 10.7. The summed E-state index contributed by atoms with van der Waals surface area (Å²) < 4.78 is 5.68. The van der Waals surface area contributed by atoms with E-state index in [1.807, 2.05) is 36.4 Å². The molecule has 0 bridgehead atoms. The van der Waals surface area contributed by atoms with Crippen LogP contribution in [-0.2, 0) is 0 Å². The summed E-state index contributed by atoms with van der Waals surface area (Å²) in [6, 6.07) is 15.0. The summed E-state index contributed by atoms with van der Waals surface area (Å²) in [6.07, 6.45) is 0. The highest BCUT2D eigenvalue weighted by molar-refractivity contribution is 5.97. The van der Waals surface area contributed by atoms with E-state index in [1.165, 1.54) is 6.92 Å². The lowest BCUT2D eigenvalue weighted by molar-refractivity contribution is 0.101. The molecule has 3 rings (SSSR count). The van der Waals surface area contributed by atoms with Gasteiger partial charge in [-0.1, -0.05) is 18.2 Å². The van der Waals surface area contributed by atoms with Crippen LogP contribution in [0.3, 0.4) is 0 Å². The lowest BCUT2D eigenvalue weighted by Crippen LogP contribution is -1.89. The van der Waals surface area contributed by atoms with Crippen LogP contribution in [0.25, 0.3) is 22.6 Å². The summed E-state index contributed by atoms with van der Waals surface area (Å²) in [7, 11) is 0. The number of fused-ring (bicyclic) bond motifs is 1. The molecule has 0 radical (unpaired) electrons. The van der Waals surface area contributed by atoms with Crippen molar-refractivity contribution in [3.05, 3.63) is 54.1 Å². The van der Waals surface area contributed by atoms with Gasteiger partial charge in [0.05, 0.1) is 0 Å². The highest BCUT2D eigenvalue weighted by atomic mass is 16.3. The minimum absolute atomic E-state index is 0.0227. The van der Waals surface area contributed by atoms with Crippen LogP contribution in [0.5, 0.6) is 0 Å². The van der Waals surface area contributed by atoms with Gasteiger partial charge in [0.15, 0.2) is 11.4 Å². The van der Waals surface area contributed by atoms with Gasteiger partial charge in [-0.15, -0.1) is 0 Å². The summed E-state index contributed by atoms with van der Waals surface area (Å²) in [5.74, 6) is 0.598. The van der Waals surface area contributed by atoms with Gasteiger partial charge in [-0.2, -0.15) is 0 Å². The Morgan fingerprint density at radius 3 is 2.61 bits per heavy atom. The van der Waals surface area contributed by atoms with Gasteiger partial charge in [-0.25, -0.2) is 4.98 Å². The van der Waals surface area contributed by atoms with E-state index in [0.29, 0.717) is 17.0 Å². The minimum atomic E-state index is 0.0227. The highest BCUT2D eigenvalue weighted by Gasteiger charge is 2.09. The molecule has 3 nitrogen and oxygen atoms in total. The third kappa shape index (κ3) is 1.80. The standard InChI is InChI=1S/C15H11NO2/c1-10(17)12-7-8-13-14(9-12)18-15(16-13)11-5-3-2-4-6-11/h2-9H,1H3. The van der Waals surface area contributed by atoms with E-state index in [2.05, 4.69) is 4.98 Å². The number of carbonyl (C=O) groups excluding carboxylic acids is 1. The second-order valence-corrected chi connectivity index (χ2v) is 4.12. The van der Waals surface area contributed by atoms with E-state index in [4.69, 9.17) is 4.42 Å². The molecule has 0 fully saturated rings. The normalized spacial score (nSPS) is 10.7. The molecule has 0 amide bonds. The molecule has 0 aliphatic rings. The Morgan fingerprint density at radius 1 is 1.11 bits per heavy atom. The first-order valence-electron chi connectivity index (χ1n) is 5.71. The molecule has 3 heteroatoms. The molecule has 0 aliphatic carbocycles. The van der Waals surface area contributed by atoms with Crippen molar-refractivity contribution < 1.29 is 9.21 Å². The van der Waals surface area contributed by atoms with Crippen molar-refractivity contribution in [1.29, 1.82) is 0 Å². The molecule has 3 aromatic rings. The van der Waals surface area contributed by atoms with Crippen molar-refractivity contribution in [2.24, 2.45) is 0 Å². The fraction of sp³-hybridized carbons (Fsp3) is 0.0667.